The lowest BCUT2D eigenvalue weighted by Gasteiger charge is -2.37. The molecule has 0 radical (unpaired) electrons. The van der Waals surface area contributed by atoms with Crippen molar-refractivity contribution in [2.75, 3.05) is 71.4 Å². The molecule has 3 aromatic rings. The van der Waals surface area contributed by atoms with Crippen molar-refractivity contribution in [2.24, 2.45) is 0 Å². The number of halogens is 3. The highest BCUT2D eigenvalue weighted by Crippen LogP contribution is 2.39. The normalized spacial score (nSPS) is 19.1. The fraction of sp³-hybridized carbons (Fsp3) is 0.459. The van der Waals surface area contributed by atoms with Crippen LogP contribution in [0.1, 0.15) is 36.8 Å². The van der Waals surface area contributed by atoms with Crippen molar-refractivity contribution in [2.45, 2.75) is 43.3 Å². The van der Waals surface area contributed by atoms with Crippen molar-refractivity contribution < 1.29 is 14.0 Å². The molecule has 0 aliphatic carbocycles. The van der Waals surface area contributed by atoms with E-state index in [-0.39, 0.29) is 24.8 Å². The van der Waals surface area contributed by atoms with Crippen LogP contribution in [0, 0.1) is 0 Å². The second kappa shape index (κ2) is 16.3. The summed E-state index contributed by atoms with van der Waals surface area (Å²) in [6.45, 7) is 5.74. The molecule has 7 nitrogen and oxygen atoms in total. The molecule has 0 bridgehead atoms. The van der Waals surface area contributed by atoms with E-state index < -0.39 is 17.6 Å². The van der Waals surface area contributed by atoms with Gasteiger partial charge in [0.05, 0.1) is 21.8 Å². The zero-order valence-corrected chi connectivity index (χ0v) is 28.9. The molecule has 5 rings (SSSR count). The number of alkyl halides is 1. The van der Waals surface area contributed by atoms with Crippen LogP contribution in [-0.2, 0) is 15.0 Å². The van der Waals surface area contributed by atoms with Gasteiger partial charge in [-0.05, 0) is 49.1 Å². The molecule has 252 valence electrons. The highest BCUT2D eigenvalue weighted by molar-refractivity contribution is 6.43. The number of nitrogens with one attached hydrogen (secondary N) is 1. The second-order valence-corrected chi connectivity index (χ2v) is 13.6. The Kier molecular flexibility index (Phi) is 12.2. The van der Waals surface area contributed by atoms with Gasteiger partial charge in [0, 0.05) is 66.3 Å². The third-order valence-electron chi connectivity index (χ3n) is 9.58. The largest absolute Gasteiger partial charge is 0.368 e. The number of likely N-dealkylation sites (tertiary alicyclic amines) is 1. The van der Waals surface area contributed by atoms with E-state index in [4.69, 9.17) is 23.2 Å². The first-order valence-corrected chi connectivity index (χ1v) is 17.4. The summed E-state index contributed by atoms with van der Waals surface area (Å²) in [7, 11) is 3.54. The zero-order valence-electron chi connectivity index (χ0n) is 27.4. The van der Waals surface area contributed by atoms with Crippen molar-refractivity contribution >= 4 is 40.7 Å². The second-order valence-electron chi connectivity index (χ2n) is 12.8. The number of anilines is 1. The Morgan fingerprint density at radius 3 is 2.13 bits per heavy atom. The molecule has 0 spiro atoms. The molecule has 2 saturated heterocycles. The minimum atomic E-state index is -1.08. The summed E-state index contributed by atoms with van der Waals surface area (Å²) in [4.78, 5) is 35.6. The number of hydrogen-bond acceptors (Lipinski definition) is 5. The van der Waals surface area contributed by atoms with Crippen LogP contribution in [0.2, 0.25) is 10.0 Å². The predicted octanol–water partition coefficient (Wildman–Crippen LogP) is 5.89. The first kappa shape index (κ1) is 35.1. The Hall–Kier alpha value is -3.17. The lowest BCUT2D eigenvalue weighted by Crippen LogP contribution is -2.49. The Labute approximate surface area is 288 Å². The summed E-state index contributed by atoms with van der Waals surface area (Å²) in [5.41, 5.74) is 1.79. The number of likely N-dealkylation sites (N-methyl/N-ethyl adjacent to an activating group) is 1. The van der Waals surface area contributed by atoms with Gasteiger partial charge in [0.2, 0.25) is 11.8 Å². The number of amides is 2. The van der Waals surface area contributed by atoms with Crippen LogP contribution in [0.5, 0.6) is 0 Å². The van der Waals surface area contributed by atoms with Crippen molar-refractivity contribution in [3.05, 3.63) is 100 Å². The van der Waals surface area contributed by atoms with Gasteiger partial charge in [0.1, 0.15) is 11.6 Å². The Bertz CT molecular complexity index is 1430. The summed E-state index contributed by atoms with van der Waals surface area (Å²) in [5.74, 6) is -0.178. The Morgan fingerprint density at radius 1 is 0.872 bits per heavy atom. The maximum absolute atomic E-state index is 14.8. The standard InChI is InChI=1S/C37H46Cl2FN5O2/c1-42(2)36(47)37(28-12-5-3-6-13-28,29-14-7-4-8-15-29)18-21-45-27-30(40)26-33(45)35(46)41-19-9-10-20-43-22-24-44(25-23-43)32-17-11-16-31(38)34(32)39/h3-8,11-17,30,33H,9-10,18-27H2,1-2H3,(H,41,46)/t30-,33+/m1/s1. The van der Waals surface area contributed by atoms with Gasteiger partial charge in [-0.15, -0.1) is 0 Å². The van der Waals surface area contributed by atoms with Crippen LogP contribution in [0.4, 0.5) is 10.1 Å². The molecule has 2 aliphatic rings. The highest BCUT2D eigenvalue weighted by atomic mass is 35.5. The first-order chi connectivity index (χ1) is 22.7. The number of rotatable bonds is 13. The fourth-order valence-corrected chi connectivity index (χ4v) is 7.47. The lowest BCUT2D eigenvalue weighted by atomic mass is 9.70. The minimum absolute atomic E-state index is 0.0402. The van der Waals surface area contributed by atoms with E-state index in [0.717, 1.165) is 62.4 Å². The summed E-state index contributed by atoms with van der Waals surface area (Å²) in [6.07, 6.45) is 1.31. The van der Waals surface area contributed by atoms with E-state index in [1.807, 2.05) is 77.7 Å². The number of benzene rings is 3. The maximum Gasteiger partial charge on any atom is 0.237 e. The van der Waals surface area contributed by atoms with Gasteiger partial charge in [0.25, 0.3) is 0 Å². The molecule has 0 unspecified atom stereocenters. The van der Waals surface area contributed by atoms with Crippen LogP contribution in [0.25, 0.3) is 0 Å². The van der Waals surface area contributed by atoms with Crippen LogP contribution in [0.15, 0.2) is 78.9 Å². The molecular weight excluding hydrogens is 636 g/mol. The number of carbonyl (C=O) groups excluding carboxylic acids is 2. The Balaban J connectivity index is 1.14. The van der Waals surface area contributed by atoms with Crippen molar-refractivity contribution in [3.63, 3.8) is 0 Å². The molecule has 2 atom stereocenters. The number of nitrogens with zero attached hydrogens (tertiary/aromatic N) is 4. The minimum Gasteiger partial charge on any atom is -0.368 e. The summed E-state index contributed by atoms with van der Waals surface area (Å²) >= 11 is 12.6. The Morgan fingerprint density at radius 2 is 1.51 bits per heavy atom. The third kappa shape index (κ3) is 8.29. The van der Waals surface area contributed by atoms with Crippen LogP contribution in [-0.4, -0.2) is 105 Å². The summed E-state index contributed by atoms with van der Waals surface area (Å²) < 4.78 is 14.8. The van der Waals surface area contributed by atoms with E-state index in [0.29, 0.717) is 29.6 Å². The lowest BCUT2D eigenvalue weighted by molar-refractivity contribution is -0.133. The van der Waals surface area contributed by atoms with Crippen LogP contribution in [0.3, 0.4) is 0 Å². The molecule has 2 heterocycles. The van der Waals surface area contributed by atoms with Gasteiger partial charge in [-0.3, -0.25) is 19.4 Å². The van der Waals surface area contributed by atoms with Gasteiger partial charge in [-0.1, -0.05) is 89.9 Å². The van der Waals surface area contributed by atoms with Gasteiger partial charge < -0.3 is 15.1 Å². The summed E-state index contributed by atoms with van der Waals surface area (Å²) in [6, 6.07) is 24.7. The zero-order chi connectivity index (χ0) is 33.4. The third-order valence-corrected chi connectivity index (χ3v) is 10.4. The van der Waals surface area contributed by atoms with Gasteiger partial charge in [-0.2, -0.15) is 0 Å². The molecule has 3 aromatic carbocycles. The van der Waals surface area contributed by atoms with E-state index in [1.54, 1.807) is 25.1 Å². The topological polar surface area (TPSA) is 59.1 Å². The number of hydrogen-bond donors (Lipinski definition) is 1. The molecular formula is C37H46Cl2FN5O2. The molecule has 2 aliphatic heterocycles. The molecule has 0 saturated carbocycles. The molecule has 1 N–H and O–H groups in total. The molecule has 2 amide bonds. The number of carbonyl (C=O) groups is 2. The molecule has 47 heavy (non-hydrogen) atoms. The fourth-order valence-electron chi connectivity index (χ4n) is 7.05. The van der Waals surface area contributed by atoms with E-state index in [1.165, 1.54) is 0 Å². The van der Waals surface area contributed by atoms with Crippen LogP contribution < -0.4 is 10.2 Å². The van der Waals surface area contributed by atoms with Gasteiger partial charge in [-0.25, -0.2) is 4.39 Å². The van der Waals surface area contributed by atoms with Crippen molar-refractivity contribution in [1.82, 2.24) is 20.0 Å². The quantitative estimate of drug-likeness (QED) is 0.228. The smallest absolute Gasteiger partial charge is 0.237 e. The summed E-state index contributed by atoms with van der Waals surface area (Å²) in [5, 5.41) is 4.25. The number of unbranched alkanes of at least 4 members (excludes halogenated alkanes) is 1. The average Bonchev–Trinajstić information content (AvgIpc) is 3.47. The van der Waals surface area contributed by atoms with Crippen LogP contribution >= 0.6 is 23.2 Å². The average molecular weight is 683 g/mol. The van der Waals surface area contributed by atoms with E-state index in [2.05, 4.69) is 15.1 Å². The van der Waals surface area contributed by atoms with Crippen molar-refractivity contribution in [3.8, 4) is 0 Å². The number of piperazine rings is 1. The first-order valence-electron chi connectivity index (χ1n) is 16.6. The van der Waals surface area contributed by atoms with Crippen molar-refractivity contribution in [1.29, 1.82) is 0 Å². The highest BCUT2D eigenvalue weighted by Gasteiger charge is 2.45. The molecule has 10 heteroatoms. The maximum atomic E-state index is 14.8. The van der Waals surface area contributed by atoms with E-state index in [9.17, 15) is 14.0 Å². The molecule has 0 aromatic heterocycles. The predicted molar refractivity (Wildman–Crippen MR) is 189 cm³/mol. The van der Waals surface area contributed by atoms with Gasteiger partial charge in [0.15, 0.2) is 0 Å². The monoisotopic (exact) mass is 681 g/mol. The SMILES string of the molecule is CN(C)C(=O)C(CCN1C[C@H](F)C[C@H]1C(=O)NCCCCN1CCN(c2cccc(Cl)c2Cl)CC1)(c1ccccc1)c1ccccc1. The molecule has 2 fully saturated rings. The van der Waals surface area contributed by atoms with Gasteiger partial charge >= 0.3 is 0 Å². The van der Waals surface area contributed by atoms with E-state index >= 15 is 0 Å².